The smallest absolute Gasteiger partial charge is 0.147 e. The summed E-state index contributed by atoms with van der Waals surface area (Å²) in [4.78, 5) is 2.70. The molecule has 0 aromatic carbocycles. The Morgan fingerprint density at radius 1 is 1.57 bits per heavy atom. The number of aromatic hydroxyl groups is 1. The van der Waals surface area contributed by atoms with E-state index in [-0.39, 0.29) is 5.75 Å². The number of rotatable bonds is 0. The minimum atomic E-state index is 0.250. The molecule has 0 aliphatic rings. The second kappa shape index (κ2) is 1.58. The van der Waals surface area contributed by atoms with Crippen LogP contribution in [0, 0.1) is 0 Å². The molecule has 0 radical (unpaired) electrons. The predicted octanol–water partition coefficient (Wildman–Crippen LogP) is 1.48. The highest BCUT2D eigenvalue weighted by Gasteiger charge is 1.91. The topological polar surface area (TPSA) is 36.0 Å². The van der Waals surface area contributed by atoms with Crippen LogP contribution in [0.25, 0.3) is 0 Å². The molecule has 0 unspecified atom stereocenters. The van der Waals surface area contributed by atoms with Crippen molar-refractivity contribution >= 4 is 15.9 Å². The second-order valence-corrected chi connectivity index (χ2v) is 2.04. The van der Waals surface area contributed by atoms with Crippen molar-refractivity contribution < 1.29 is 5.11 Å². The summed E-state index contributed by atoms with van der Waals surface area (Å²) in [6, 6.07) is 0. The summed E-state index contributed by atoms with van der Waals surface area (Å²) in [6.45, 7) is 0. The Kier molecular flexibility index (Phi) is 1.06. The molecule has 1 aromatic rings. The third-order valence-corrected chi connectivity index (χ3v) is 1.31. The highest BCUT2D eigenvalue weighted by molar-refractivity contribution is 9.10. The van der Waals surface area contributed by atoms with Gasteiger partial charge in [0.15, 0.2) is 0 Å². The molecule has 0 atom stereocenters. The van der Waals surface area contributed by atoms with Crippen molar-refractivity contribution in [3.63, 3.8) is 0 Å². The Morgan fingerprint density at radius 3 is 2.43 bits per heavy atom. The molecule has 0 amide bonds. The average Bonchev–Trinajstić information content (AvgIpc) is 1.91. The van der Waals surface area contributed by atoms with E-state index < -0.39 is 0 Å². The van der Waals surface area contributed by atoms with Crippen molar-refractivity contribution in [3.05, 3.63) is 16.9 Å². The summed E-state index contributed by atoms with van der Waals surface area (Å²) >= 11 is 3.08. The fraction of sp³-hybridized carbons (Fsp3) is 0. The van der Waals surface area contributed by atoms with Crippen LogP contribution in [0.4, 0.5) is 0 Å². The Balaban J connectivity index is 3.12. The van der Waals surface area contributed by atoms with Crippen LogP contribution in [0.1, 0.15) is 0 Å². The lowest BCUT2D eigenvalue weighted by Gasteiger charge is -1.77. The number of hydrogen-bond acceptors (Lipinski definition) is 1. The third kappa shape index (κ3) is 0.771. The molecule has 0 spiro atoms. The van der Waals surface area contributed by atoms with Crippen LogP contribution in [-0.2, 0) is 0 Å². The maximum atomic E-state index is 8.68. The highest BCUT2D eigenvalue weighted by atomic mass is 79.9. The summed E-state index contributed by atoms with van der Waals surface area (Å²) in [6.07, 6.45) is 3.17. The molecule has 1 aromatic heterocycles. The summed E-state index contributed by atoms with van der Waals surface area (Å²) in [5.41, 5.74) is 0. The van der Waals surface area contributed by atoms with Crippen LogP contribution >= 0.6 is 15.9 Å². The first-order valence-corrected chi connectivity index (χ1v) is 2.61. The van der Waals surface area contributed by atoms with Crippen molar-refractivity contribution in [1.82, 2.24) is 4.98 Å². The van der Waals surface area contributed by atoms with Gasteiger partial charge in [0.05, 0.1) is 4.47 Å². The number of aromatic nitrogens is 1. The van der Waals surface area contributed by atoms with E-state index >= 15 is 0 Å². The van der Waals surface area contributed by atoms with Gasteiger partial charge < -0.3 is 10.1 Å². The third-order valence-electron chi connectivity index (χ3n) is 0.675. The predicted molar refractivity (Wildman–Crippen MR) is 30.2 cm³/mol. The number of aromatic amines is 1. The second-order valence-electron chi connectivity index (χ2n) is 1.19. The van der Waals surface area contributed by atoms with Crippen molar-refractivity contribution in [2.45, 2.75) is 0 Å². The highest BCUT2D eigenvalue weighted by Crippen LogP contribution is 2.20. The van der Waals surface area contributed by atoms with E-state index in [9.17, 15) is 0 Å². The average molecular weight is 162 g/mol. The Labute approximate surface area is 49.3 Å². The normalized spacial score (nSPS) is 9.29. The summed E-state index contributed by atoms with van der Waals surface area (Å²) in [5.74, 6) is 0.250. The molecule has 7 heavy (non-hydrogen) atoms. The molecule has 2 N–H and O–H groups in total. The molecular formula is C4H4BrNO. The van der Waals surface area contributed by atoms with Crippen LogP contribution in [0.3, 0.4) is 0 Å². The molecule has 0 aliphatic heterocycles. The molecule has 3 heteroatoms. The van der Waals surface area contributed by atoms with Crippen LogP contribution in [0.15, 0.2) is 16.9 Å². The van der Waals surface area contributed by atoms with E-state index in [0.29, 0.717) is 4.47 Å². The first-order chi connectivity index (χ1) is 3.30. The van der Waals surface area contributed by atoms with Gasteiger partial charge in [-0.1, -0.05) is 0 Å². The quantitative estimate of drug-likeness (QED) is 0.595. The number of H-pyrrole nitrogens is 1. The Hall–Kier alpha value is -0.440. The molecule has 0 saturated heterocycles. The summed E-state index contributed by atoms with van der Waals surface area (Å²) < 4.78 is 0.701. The molecule has 38 valence electrons. The van der Waals surface area contributed by atoms with E-state index in [1.807, 2.05) is 0 Å². The van der Waals surface area contributed by atoms with Crippen molar-refractivity contribution in [1.29, 1.82) is 0 Å². The first-order valence-electron chi connectivity index (χ1n) is 1.82. The number of hydrogen-bond donors (Lipinski definition) is 2. The Morgan fingerprint density at radius 2 is 2.29 bits per heavy atom. The van der Waals surface area contributed by atoms with Gasteiger partial charge in [0, 0.05) is 12.4 Å². The minimum absolute atomic E-state index is 0.250. The van der Waals surface area contributed by atoms with Crippen LogP contribution < -0.4 is 0 Å². The van der Waals surface area contributed by atoms with Gasteiger partial charge in [-0.05, 0) is 15.9 Å². The van der Waals surface area contributed by atoms with Crippen LogP contribution in [-0.4, -0.2) is 10.1 Å². The molecular weight excluding hydrogens is 158 g/mol. The van der Waals surface area contributed by atoms with E-state index in [1.54, 1.807) is 6.20 Å². The summed E-state index contributed by atoms with van der Waals surface area (Å²) in [5, 5.41) is 8.68. The van der Waals surface area contributed by atoms with E-state index in [4.69, 9.17) is 5.11 Å². The first kappa shape index (κ1) is 4.71. The fourth-order valence-corrected chi connectivity index (χ4v) is 0.583. The molecule has 0 bridgehead atoms. The van der Waals surface area contributed by atoms with Crippen molar-refractivity contribution in [3.8, 4) is 5.75 Å². The van der Waals surface area contributed by atoms with Crippen molar-refractivity contribution in [2.24, 2.45) is 0 Å². The zero-order chi connectivity index (χ0) is 5.28. The minimum Gasteiger partial charge on any atom is -0.505 e. The molecule has 2 nitrogen and oxygen atoms in total. The molecule has 0 aliphatic carbocycles. The molecule has 0 fully saturated rings. The molecule has 1 heterocycles. The molecule has 1 rings (SSSR count). The maximum absolute atomic E-state index is 8.68. The largest absolute Gasteiger partial charge is 0.505 e. The molecule has 0 saturated carbocycles. The zero-order valence-electron chi connectivity index (χ0n) is 3.48. The lowest BCUT2D eigenvalue weighted by Crippen LogP contribution is -1.48. The number of nitrogens with one attached hydrogen (secondary N) is 1. The lowest BCUT2D eigenvalue weighted by molar-refractivity contribution is 0.473. The van der Waals surface area contributed by atoms with Crippen LogP contribution in [0.5, 0.6) is 5.75 Å². The van der Waals surface area contributed by atoms with E-state index in [2.05, 4.69) is 20.9 Å². The van der Waals surface area contributed by atoms with E-state index in [1.165, 1.54) is 6.20 Å². The van der Waals surface area contributed by atoms with Crippen LogP contribution in [0.2, 0.25) is 0 Å². The zero-order valence-corrected chi connectivity index (χ0v) is 5.07. The van der Waals surface area contributed by atoms with E-state index in [0.717, 1.165) is 0 Å². The van der Waals surface area contributed by atoms with Gasteiger partial charge >= 0.3 is 0 Å². The number of halogens is 1. The maximum Gasteiger partial charge on any atom is 0.147 e. The van der Waals surface area contributed by atoms with Gasteiger partial charge in [-0.15, -0.1) is 0 Å². The van der Waals surface area contributed by atoms with Gasteiger partial charge in [-0.2, -0.15) is 0 Å². The Bertz CT molecular complexity index is 144. The van der Waals surface area contributed by atoms with Gasteiger partial charge in [-0.3, -0.25) is 0 Å². The van der Waals surface area contributed by atoms with Gasteiger partial charge in [0.1, 0.15) is 5.75 Å². The SMILES string of the molecule is Oc1c[nH]cc1Br. The van der Waals surface area contributed by atoms with Gasteiger partial charge in [0.25, 0.3) is 0 Å². The monoisotopic (exact) mass is 161 g/mol. The van der Waals surface area contributed by atoms with Gasteiger partial charge in [0.2, 0.25) is 0 Å². The summed E-state index contributed by atoms with van der Waals surface area (Å²) in [7, 11) is 0. The standard InChI is InChI=1S/C4H4BrNO/c5-3-1-6-2-4(3)7/h1-2,6-7H. The lowest BCUT2D eigenvalue weighted by atomic mass is 10.6. The fourth-order valence-electron chi connectivity index (χ4n) is 0.337. The van der Waals surface area contributed by atoms with Crippen molar-refractivity contribution in [2.75, 3.05) is 0 Å². The van der Waals surface area contributed by atoms with Gasteiger partial charge in [-0.25, -0.2) is 0 Å².